The molecule has 2 heterocycles. The molecule has 4 rings (SSSR count). The molecule has 0 saturated heterocycles. The molecule has 0 unspecified atom stereocenters. The van der Waals surface area contributed by atoms with E-state index in [1.165, 1.54) is 11.1 Å². The van der Waals surface area contributed by atoms with E-state index in [9.17, 15) is 10.0 Å². The Hall–Kier alpha value is -2.66. The third-order valence-corrected chi connectivity index (χ3v) is 4.96. The molecule has 2 aliphatic heterocycles. The van der Waals surface area contributed by atoms with E-state index in [-0.39, 0.29) is 11.6 Å². The lowest BCUT2D eigenvalue weighted by Crippen LogP contribution is -2.28. The Morgan fingerprint density at radius 3 is 2.71 bits per heavy atom. The van der Waals surface area contributed by atoms with Crippen molar-refractivity contribution < 1.29 is 10.0 Å². The summed E-state index contributed by atoms with van der Waals surface area (Å²) in [5.74, 6) is -0.343. The van der Waals surface area contributed by atoms with Crippen molar-refractivity contribution >= 4 is 17.3 Å². The van der Waals surface area contributed by atoms with E-state index < -0.39 is 0 Å². The van der Waals surface area contributed by atoms with E-state index >= 15 is 0 Å². The molecule has 24 heavy (non-hydrogen) atoms. The Bertz CT molecular complexity index is 886. The summed E-state index contributed by atoms with van der Waals surface area (Å²) in [4.78, 5) is 14.4. The SMILES string of the molecule is Cc1ccccc1-c1cc2c(c3c1CCN(C)C3)NC(=O)/C2=N/O. The zero-order chi connectivity index (χ0) is 16.8. The molecule has 0 spiro atoms. The molecule has 0 aliphatic carbocycles. The molecule has 2 aromatic rings. The number of aryl methyl sites for hydroxylation is 1. The highest BCUT2D eigenvalue weighted by Gasteiger charge is 2.33. The predicted octanol–water partition coefficient (Wildman–Crippen LogP) is 2.78. The van der Waals surface area contributed by atoms with Crippen LogP contribution in [0.2, 0.25) is 0 Å². The second-order valence-corrected chi connectivity index (χ2v) is 6.51. The molecule has 0 atom stereocenters. The topological polar surface area (TPSA) is 64.9 Å². The average molecular weight is 321 g/mol. The van der Waals surface area contributed by atoms with Gasteiger partial charge in [-0.05, 0) is 54.3 Å². The Morgan fingerprint density at radius 2 is 1.96 bits per heavy atom. The molecule has 0 radical (unpaired) electrons. The molecule has 2 aliphatic rings. The first-order valence-electron chi connectivity index (χ1n) is 8.07. The Morgan fingerprint density at radius 1 is 1.17 bits per heavy atom. The summed E-state index contributed by atoms with van der Waals surface area (Å²) in [7, 11) is 2.08. The molecule has 2 aromatic carbocycles. The second kappa shape index (κ2) is 5.46. The van der Waals surface area contributed by atoms with Gasteiger partial charge in [-0.3, -0.25) is 4.79 Å². The Labute approximate surface area is 140 Å². The standard InChI is InChI=1S/C19H19N3O2/c1-11-5-3-4-6-12(11)14-9-15-17(20-19(23)18(15)21-24)16-10-22(2)8-7-13(14)16/h3-6,9,24H,7-8,10H2,1-2H3,(H,20,21,23). The van der Waals surface area contributed by atoms with Crippen LogP contribution in [0.4, 0.5) is 5.69 Å². The van der Waals surface area contributed by atoms with Gasteiger partial charge in [-0.2, -0.15) is 0 Å². The number of oxime groups is 1. The first-order valence-corrected chi connectivity index (χ1v) is 8.07. The third kappa shape index (κ3) is 2.12. The van der Waals surface area contributed by atoms with Crippen molar-refractivity contribution in [2.45, 2.75) is 19.9 Å². The van der Waals surface area contributed by atoms with Gasteiger partial charge in [0, 0.05) is 18.7 Å². The molecular formula is C19H19N3O2. The van der Waals surface area contributed by atoms with Gasteiger partial charge in [0.05, 0.1) is 5.69 Å². The van der Waals surface area contributed by atoms with Gasteiger partial charge in [0.2, 0.25) is 0 Å². The maximum Gasteiger partial charge on any atom is 0.278 e. The highest BCUT2D eigenvalue weighted by atomic mass is 16.4. The van der Waals surface area contributed by atoms with Crippen LogP contribution in [-0.4, -0.2) is 35.3 Å². The zero-order valence-corrected chi connectivity index (χ0v) is 13.8. The van der Waals surface area contributed by atoms with E-state index in [1.54, 1.807) is 0 Å². The van der Waals surface area contributed by atoms with E-state index in [4.69, 9.17) is 0 Å². The van der Waals surface area contributed by atoms with Gasteiger partial charge in [-0.15, -0.1) is 0 Å². The van der Waals surface area contributed by atoms with Gasteiger partial charge in [-0.1, -0.05) is 29.4 Å². The number of amides is 1. The predicted molar refractivity (Wildman–Crippen MR) is 93.6 cm³/mol. The van der Waals surface area contributed by atoms with E-state index in [0.29, 0.717) is 5.56 Å². The van der Waals surface area contributed by atoms with Crippen molar-refractivity contribution in [1.82, 2.24) is 4.90 Å². The van der Waals surface area contributed by atoms with Gasteiger partial charge in [0.25, 0.3) is 5.91 Å². The van der Waals surface area contributed by atoms with E-state index in [1.807, 2.05) is 18.2 Å². The lowest BCUT2D eigenvalue weighted by atomic mass is 9.86. The summed E-state index contributed by atoms with van der Waals surface area (Å²) in [6, 6.07) is 10.2. The van der Waals surface area contributed by atoms with Crippen molar-refractivity contribution in [1.29, 1.82) is 0 Å². The lowest BCUT2D eigenvalue weighted by molar-refractivity contribution is -0.110. The normalized spacial score (nSPS) is 18.4. The molecule has 5 heteroatoms. The van der Waals surface area contributed by atoms with E-state index in [0.717, 1.165) is 41.9 Å². The summed E-state index contributed by atoms with van der Waals surface area (Å²) < 4.78 is 0. The molecule has 2 N–H and O–H groups in total. The number of rotatable bonds is 1. The number of hydrogen-bond acceptors (Lipinski definition) is 4. The van der Waals surface area contributed by atoms with Crippen molar-refractivity contribution in [3.05, 3.63) is 52.6 Å². The average Bonchev–Trinajstić information content (AvgIpc) is 2.90. The molecule has 122 valence electrons. The zero-order valence-electron chi connectivity index (χ0n) is 13.8. The fraction of sp³-hybridized carbons (Fsp3) is 0.263. The van der Waals surface area contributed by atoms with Crippen LogP contribution in [0, 0.1) is 6.92 Å². The van der Waals surface area contributed by atoms with Gasteiger partial charge in [-0.25, -0.2) is 0 Å². The highest BCUT2D eigenvalue weighted by molar-refractivity contribution is 6.54. The maximum absolute atomic E-state index is 12.1. The summed E-state index contributed by atoms with van der Waals surface area (Å²) in [6.45, 7) is 3.85. The fourth-order valence-electron chi connectivity index (χ4n) is 3.73. The molecule has 0 aromatic heterocycles. The molecule has 0 fully saturated rings. The number of nitrogens with one attached hydrogen (secondary N) is 1. The number of nitrogens with zero attached hydrogens (tertiary/aromatic N) is 2. The summed E-state index contributed by atoms with van der Waals surface area (Å²) in [6.07, 6.45) is 0.935. The third-order valence-electron chi connectivity index (χ3n) is 4.96. The molecule has 0 bridgehead atoms. The number of carbonyl (C=O) groups excluding carboxylic acids is 1. The smallest absolute Gasteiger partial charge is 0.278 e. The summed E-state index contributed by atoms with van der Waals surface area (Å²) >= 11 is 0. The maximum atomic E-state index is 12.1. The molecule has 0 saturated carbocycles. The quantitative estimate of drug-likeness (QED) is 0.627. The van der Waals surface area contributed by atoms with Crippen molar-refractivity contribution in [2.75, 3.05) is 18.9 Å². The van der Waals surface area contributed by atoms with Crippen LogP contribution in [0.1, 0.15) is 22.3 Å². The van der Waals surface area contributed by atoms with Gasteiger partial charge >= 0.3 is 0 Å². The van der Waals surface area contributed by atoms with Gasteiger partial charge in [0.1, 0.15) is 0 Å². The van der Waals surface area contributed by atoms with Crippen LogP contribution < -0.4 is 5.32 Å². The minimum absolute atomic E-state index is 0.0934. The number of carbonyl (C=O) groups is 1. The summed E-state index contributed by atoms with van der Waals surface area (Å²) in [5, 5.41) is 15.4. The molecule has 5 nitrogen and oxygen atoms in total. The monoisotopic (exact) mass is 321 g/mol. The minimum Gasteiger partial charge on any atom is -0.410 e. The van der Waals surface area contributed by atoms with Gasteiger partial charge < -0.3 is 15.4 Å². The lowest BCUT2D eigenvalue weighted by Gasteiger charge is -2.29. The summed E-state index contributed by atoms with van der Waals surface area (Å²) in [5.41, 5.74) is 7.48. The van der Waals surface area contributed by atoms with Crippen LogP contribution in [0.3, 0.4) is 0 Å². The number of fused-ring (bicyclic) bond motifs is 3. The van der Waals surface area contributed by atoms with Crippen molar-refractivity contribution in [2.24, 2.45) is 5.16 Å². The van der Waals surface area contributed by atoms with Crippen molar-refractivity contribution in [3.63, 3.8) is 0 Å². The van der Waals surface area contributed by atoms with Crippen LogP contribution in [-0.2, 0) is 17.8 Å². The first-order chi connectivity index (χ1) is 11.6. The Balaban J connectivity index is 2.03. The number of hydrogen-bond donors (Lipinski definition) is 2. The largest absolute Gasteiger partial charge is 0.410 e. The number of likely N-dealkylation sites (N-methyl/N-ethyl adjacent to an activating group) is 1. The molecule has 1 amide bonds. The van der Waals surface area contributed by atoms with E-state index in [2.05, 4.69) is 41.5 Å². The fourth-order valence-corrected chi connectivity index (χ4v) is 3.73. The number of anilines is 1. The molecular weight excluding hydrogens is 302 g/mol. The van der Waals surface area contributed by atoms with Crippen LogP contribution in [0.25, 0.3) is 11.1 Å². The Kier molecular flexibility index (Phi) is 3.39. The van der Waals surface area contributed by atoms with Crippen LogP contribution in [0.15, 0.2) is 35.5 Å². The first kappa shape index (κ1) is 14.9. The van der Waals surface area contributed by atoms with Gasteiger partial charge in [0.15, 0.2) is 5.71 Å². The minimum atomic E-state index is -0.343. The highest BCUT2D eigenvalue weighted by Crippen LogP contribution is 2.40. The van der Waals surface area contributed by atoms with Crippen molar-refractivity contribution in [3.8, 4) is 11.1 Å². The van der Waals surface area contributed by atoms with Crippen LogP contribution >= 0.6 is 0 Å². The second-order valence-electron chi connectivity index (χ2n) is 6.51. The number of benzene rings is 2. The van der Waals surface area contributed by atoms with Crippen LogP contribution in [0.5, 0.6) is 0 Å².